The number of hydrogen-bond acceptors (Lipinski definition) is 4. The molecule has 0 aliphatic rings. The van der Waals surface area contributed by atoms with Crippen molar-refractivity contribution in [1.82, 2.24) is 9.80 Å². The second kappa shape index (κ2) is 7.09. The lowest BCUT2D eigenvalue weighted by molar-refractivity contribution is -0.129. The van der Waals surface area contributed by atoms with Gasteiger partial charge in [-0.15, -0.1) is 11.3 Å². The van der Waals surface area contributed by atoms with Crippen LogP contribution < -0.4 is 5.73 Å². The van der Waals surface area contributed by atoms with Gasteiger partial charge in [0.15, 0.2) is 0 Å². The van der Waals surface area contributed by atoms with Crippen LogP contribution in [-0.4, -0.2) is 49.4 Å². The molecule has 2 N–H and O–H groups in total. The number of hydrogen-bond donors (Lipinski definition) is 1. The predicted octanol–water partition coefficient (Wildman–Crippen LogP) is 1.64. The molecule has 0 spiro atoms. The van der Waals surface area contributed by atoms with Gasteiger partial charge in [0.25, 0.3) is 0 Å². The number of carbonyl (C=O) groups excluding carboxylic acids is 1. The molecule has 0 radical (unpaired) electrons. The zero-order valence-electron chi connectivity index (χ0n) is 11.0. The monoisotopic (exact) mass is 289 g/mol. The second-order valence-electron chi connectivity index (χ2n) is 4.50. The molecule has 0 fully saturated rings. The Morgan fingerprint density at radius 2 is 2.11 bits per heavy atom. The molecular formula is C12H20ClN3OS. The Morgan fingerprint density at radius 3 is 2.56 bits per heavy atom. The highest BCUT2D eigenvalue weighted by atomic mass is 35.5. The Labute approximate surface area is 117 Å². The summed E-state index contributed by atoms with van der Waals surface area (Å²) in [4.78, 5) is 16.6. The van der Waals surface area contributed by atoms with E-state index in [1.807, 2.05) is 19.2 Å². The number of nitrogens with two attached hydrogens (primary N) is 1. The SMILES string of the molecule is CN(C)C(=O)CC(CN)N(C)Cc1ccc(Cl)s1. The van der Waals surface area contributed by atoms with Crippen molar-refractivity contribution in [3.8, 4) is 0 Å². The highest BCUT2D eigenvalue weighted by Gasteiger charge is 2.18. The minimum absolute atomic E-state index is 0.0563. The van der Waals surface area contributed by atoms with E-state index < -0.39 is 0 Å². The van der Waals surface area contributed by atoms with E-state index in [0.29, 0.717) is 13.0 Å². The summed E-state index contributed by atoms with van der Waals surface area (Å²) >= 11 is 7.45. The lowest BCUT2D eigenvalue weighted by atomic mass is 10.1. The van der Waals surface area contributed by atoms with Crippen molar-refractivity contribution in [2.45, 2.75) is 19.0 Å². The van der Waals surface area contributed by atoms with Crippen LogP contribution in [0.3, 0.4) is 0 Å². The van der Waals surface area contributed by atoms with E-state index >= 15 is 0 Å². The molecule has 0 saturated heterocycles. The van der Waals surface area contributed by atoms with Crippen molar-refractivity contribution in [2.75, 3.05) is 27.7 Å². The molecule has 6 heteroatoms. The Morgan fingerprint density at radius 1 is 1.44 bits per heavy atom. The van der Waals surface area contributed by atoms with Crippen molar-refractivity contribution in [1.29, 1.82) is 0 Å². The summed E-state index contributed by atoms with van der Waals surface area (Å²) in [6.07, 6.45) is 0.444. The first-order chi connectivity index (χ1) is 8.43. The average Bonchev–Trinajstić information content (AvgIpc) is 2.70. The third-order valence-electron chi connectivity index (χ3n) is 2.84. The molecule has 1 aromatic rings. The van der Waals surface area contributed by atoms with Gasteiger partial charge in [-0.1, -0.05) is 11.6 Å². The molecule has 1 rings (SSSR count). The van der Waals surface area contributed by atoms with E-state index in [-0.39, 0.29) is 11.9 Å². The predicted molar refractivity (Wildman–Crippen MR) is 76.9 cm³/mol. The molecule has 0 aliphatic heterocycles. The first-order valence-corrected chi connectivity index (χ1v) is 6.98. The minimum Gasteiger partial charge on any atom is -0.349 e. The molecule has 4 nitrogen and oxygen atoms in total. The first kappa shape index (κ1) is 15.4. The summed E-state index contributed by atoms with van der Waals surface area (Å²) < 4.78 is 0.784. The van der Waals surface area contributed by atoms with Gasteiger partial charge in [0.05, 0.1) is 4.34 Å². The van der Waals surface area contributed by atoms with Gasteiger partial charge in [-0.25, -0.2) is 0 Å². The Balaban J connectivity index is 2.56. The lowest BCUT2D eigenvalue weighted by Crippen LogP contribution is -2.41. The van der Waals surface area contributed by atoms with E-state index in [4.69, 9.17) is 17.3 Å². The summed E-state index contributed by atoms with van der Waals surface area (Å²) in [6, 6.07) is 3.95. The summed E-state index contributed by atoms with van der Waals surface area (Å²) in [5.41, 5.74) is 5.75. The summed E-state index contributed by atoms with van der Waals surface area (Å²) in [5, 5.41) is 0. The Kier molecular flexibility index (Phi) is 6.08. The maximum absolute atomic E-state index is 11.7. The van der Waals surface area contributed by atoms with Crippen molar-refractivity contribution in [3.05, 3.63) is 21.3 Å². The third-order valence-corrected chi connectivity index (χ3v) is 4.05. The molecule has 0 saturated carbocycles. The van der Waals surface area contributed by atoms with E-state index in [1.165, 1.54) is 4.88 Å². The first-order valence-electron chi connectivity index (χ1n) is 5.78. The number of halogens is 1. The van der Waals surface area contributed by atoms with Crippen LogP contribution in [0.4, 0.5) is 0 Å². The molecule has 102 valence electrons. The van der Waals surface area contributed by atoms with Gasteiger partial charge in [0, 0.05) is 44.5 Å². The van der Waals surface area contributed by atoms with Crippen molar-refractivity contribution in [3.63, 3.8) is 0 Å². The largest absolute Gasteiger partial charge is 0.349 e. The van der Waals surface area contributed by atoms with Gasteiger partial charge in [0.1, 0.15) is 0 Å². The molecule has 0 aromatic carbocycles. The fourth-order valence-corrected chi connectivity index (χ4v) is 2.77. The normalized spacial score (nSPS) is 12.8. The third kappa shape index (κ3) is 4.57. The van der Waals surface area contributed by atoms with Crippen LogP contribution in [0.25, 0.3) is 0 Å². The van der Waals surface area contributed by atoms with Gasteiger partial charge in [-0.2, -0.15) is 0 Å². The standard InChI is InChI=1S/C12H20ClN3OS/c1-15(2)12(17)6-9(7-14)16(3)8-10-4-5-11(13)18-10/h4-5,9H,6-8,14H2,1-3H3. The van der Waals surface area contributed by atoms with E-state index in [0.717, 1.165) is 10.9 Å². The number of amides is 1. The van der Waals surface area contributed by atoms with Crippen LogP contribution in [0.1, 0.15) is 11.3 Å². The number of nitrogens with zero attached hydrogens (tertiary/aromatic N) is 2. The van der Waals surface area contributed by atoms with Gasteiger partial charge < -0.3 is 10.6 Å². The molecule has 1 heterocycles. The van der Waals surface area contributed by atoms with Crippen LogP contribution in [-0.2, 0) is 11.3 Å². The van der Waals surface area contributed by atoms with E-state index in [1.54, 1.807) is 30.3 Å². The molecular weight excluding hydrogens is 270 g/mol. The van der Waals surface area contributed by atoms with Crippen LogP contribution in [0.5, 0.6) is 0 Å². The van der Waals surface area contributed by atoms with Crippen LogP contribution in [0.2, 0.25) is 4.34 Å². The van der Waals surface area contributed by atoms with Crippen LogP contribution in [0.15, 0.2) is 12.1 Å². The van der Waals surface area contributed by atoms with Gasteiger partial charge in [-0.05, 0) is 19.2 Å². The fourth-order valence-electron chi connectivity index (χ4n) is 1.61. The summed E-state index contributed by atoms with van der Waals surface area (Å²) in [5.74, 6) is 0.0986. The minimum atomic E-state index is 0.0563. The highest BCUT2D eigenvalue weighted by molar-refractivity contribution is 7.16. The van der Waals surface area contributed by atoms with Crippen LogP contribution >= 0.6 is 22.9 Å². The molecule has 1 unspecified atom stereocenters. The highest BCUT2D eigenvalue weighted by Crippen LogP contribution is 2.23. The number of carbonyl (C=O) groups is 1. The van der Waals surface area contributed by atoms with Gasteiger partial charge in [-0.3, -0.25) is 9.69 Å². The topological polar surface area (TPSA) is 49.6 Å². The second-order valence-corrected chi connectivity index (χ2v) is 6.30. The molecule has 0 aliphatic carbocycles. The molecule has 18 heavy (non-hydrogen) atoms. The Bertz CT molecular complexity index is 394. The van der Waals surface area contributed by atoms with Gasteiger partial charge in [0.2, 0.25) is 5.91 Å². The number of likely N-dealkylation sites (N-methyl/N-ethyl adjacent to an activating group) is 1. The zero-order valence-corrected chi connectivity index (χ0v) is 12.6. The van der Waals surface area contributed by atoms with E-state index in [9.17, 15) is 4.79 Å². The lowest BCUT2D eigenvalue weighted by Gasteiger charge is -2.27. The maximum atomic E-state index is 11.7. The molecule has 0 bridgehead atoms. The number of thiophene rings is 1. The summed E-state index contributed by atoms with van der Waals surface area (Å²) in [6.45, 7) is 1.23. The molecule has 1 atom stereocenters. The molecule has 1 aromatic heterocycles. The fraction of sp³-hybridized carbons (Fsp3) is 0.583. The van der Waals surface area contributed by atoms with Crippen molar-refractivity contribution in [2.24, 2.45) is 5.73 Å². The van der Waals surface area contributed by atoms with Crippen molar-refractivity contribution >= 4 is 28.8 Å². The zero-order chi connectivity index (χ0) is 13.7. The number of rotatable bonds is 6. The van der Waals surface area contributed by atoms with Crippen molar-refractivity contribution < 1.29 is 4.79 Å². The smallest absolute Gasteiger partial charge is 0.223 e. The Hall–Kier alpha value is -0.620. The average molecular weight is 290 g/mol. The van der Waals surface area contributed by atoms with Gasteiger partial charge >= 0.3 is 0 Å². The van der Waals surface area contributed by atoms with Crippen LogP contribution in [0, 0.1) is 0 Å². The summed E-state index contributed by atoms with van der Waals surface area (Å²) in [7, 11) is 5.50. The molecule has 1 amide bonds. The van der Waals surface area contributed by atoms with E-state index in [2.05, 4.69) is 4.90 Å². The quantitative estimate of drug-likeness (QED) is 0.866. The maximum Gasteiger partial charge on any atom is 0.223 e.